The molecule has 0 atom stereocenters. The Morgan fingerprint density at radius 1 is 1.17 bits per heavy atom. The van der Waals surface area contributed by atoms with Crippen molar-refractivity contribution in [2.75, 3.05) is 6.54 Å². The van der Waals surface area contributed by atoms with E-state index >= 15 is 0 Å². The van der Waals surface area contributed by atoms with Gasteiger partial charge in [-0.3, -0.25) is 0 Å². The standard InChI is InChI=1S/C24H23FN2O2S/c1-16-8-9-19-20(14-26-11-10-18-6-4-12-30-18)23(24(28)29)27(22(19)13-16)15-17-5-2-3-7-21(17)25/h2-9,12-13,26H,10-11,14-15H2,1H3,(H,28,29). The second kappa shape index (κ2) is 8.81. The SMILES string of the molecule is Cc1ccc2c(CNCCc3cccs3)c(C(=O)O)n(Cc3ccccc3F)c2c1. The van der Waals surface area contributed by atoms with Gasteiger partial charge in [0.1, 0.15) is 11.5 Å². The molecule has 6 heteroatoms. The number of hydrogen-bond acceptors (Lipinski definition) is 3. The molecule has 2 aromatic heterocycles. The fourth-order valence-corrected chi connectivity index (χ4v) is 4.50. The van der Waals surface area contributed by atoms with Gasteiger partial charge in [-0.05, 0) is 42.5 Å². The fraction of sp³-hybridized carbons (Fsp3) is 0.208. The monoisotopic (exact) mass is 422 g/mol. The van der Waals surface area contributed by atoms with Crippen molar-refractivity contribution in [2.24, 2.45) is 0 Å². The minimum Gasteiger partial charge on any atom is -0.477 e. The molecule has 2 N–H and O–H groups in total. The molecule has 0 bridgehead atoms. The van der Waals surface area contributed by atoms with Gasteiger partial charge >= 0.3 is 5.97 Å². The van der Waals surface area contributed by atoms with Crippen LogP contribution in [0.25, 0.3) is 10.9 Å². The Morgan fingerprint density at radius 3 is 2.73 bits per heavy atom. The number of aromatic nitrogens is 1. The van der Waals surface area contributed by atoms with Gasteiger partial charge in [0.2, 0.25) is 0 Å². The van der Waals surface area contributed by atoms with Gasteiger partial charge in [0.15, 0.2) is 0 Å². The van der Waals surface area contributed by atoms with Gasteiger partial charge in [0.05, 0.1) is 6.54 Å². The summed E-state index contributed by atoms with van der Waals surface area (Å²) in [6, 6.07) is 16.5. The number of carboxylic acids is 1. The van der Waals surface area contributed by atoms with E-state index in [1.165, 1.54) is 10.9 Å². The lowest BCUT2D eigenvalue weighted by atomic mass is 10.1. The molecule has 2 aromatic carbocycles. The summed E-state index contributed by atoms with van der Waals surface area (Å²) >= 11 is 1.71. The normalized spacial score (nSPS) is 11.3. The maximum absolute atomic E-state index is 14.3. The summed E-state index contributed by atoms with van der Waals surface area (Å²) in [5.74, 6) is -1.34. The van der Waals surface area contributed by atoms with Gasteiger partial charge in [-0.1, -0.05) is 36.4 Å². The lowest BCUT2D eigenvalue weighted by Crippen LogP contribution is -2.19. The molecular formula is C24H23FN2O2S. The lowest BCUT2D eigenvalue weighted by molar-refractivity contribution is 0.0684. The molecule has 0 unspecified atom stereocenters. The number of fused-ring (bicyclic) bond motifs is 1. The number of nitrogens with zero attached hydrogens (tertiary/aromatic N) is 1. The van der Waals surface area contributed by atoms with E-state index in [1.54, 1.807) is 34.1 Å². The first-order valence-electron chi connectivity index (χ1n) is 9.86. The van der Waals surface area contributed by atoms with Crippen LogP contribution in [0.2, 0.25) is 0 Å². The Balaban J connectivity index is 1.70. The number of halogens is 1. The number of rotatable bonds is 8. The second-order valence-corrected chi connectivity index (χ2v) is 8.37. The molecule has 0 aliphatic heterocycles. The number of nitrogens with one attached hydrogen (secondary N) is 1. The van der Waals surface area contributed by atoms with E-state index in [0.717, 1.165) is 35.0 Å². The number of hydrogen-bond donors (Lipinski definition) is 2. The first-order valence-corrected chi connectivity index (χ1v) is 10.7. The first-order chi connectivity index (χ1) is 14.5. The van der Waals surface area contributed by atoms with E-state index in [-0.39, 0.29) is 18.1 Å². The van der Waals surface area contributed by atoms with Crippen LogP contribution in [-0.4, -0.2) is 22.2 Å². The molecule has 30 heavy (non-hydrogen) atoms. The van der Waals surface area contributed by atoms with Crippen LogP contribution < -0.4 is 5.32 Å². The summed E-state index contributed by atoms with van der Waals surface area (Å²) in [5, 5.41) is 16.4. The van der Waals surface area contributed by atoms with Crippen molar-refractivity contribution in [3.8, 4) is 0 Å². The highest BCUT2D eigenvalue weighted by Gasteiger charge is 2.23. The van der Waals surface area contributed by atoms with Crippen molar-refractivity contribution >= 4 is 28.2 Å². The predicted octanol–water partition coefficient (Wildman–Crippen LogP) is 5.23. The number of aromatic carboxylic acids is 1. The summed E-state index contributed by atoms with van der Waals surface area (Å²) in [7, 11) is 0. The summed E-state index contributed by atoms with van der Waals surface area (Å²) in [5.41, 5.74) is 3.26. The average Bonchev–Trinajstić information content (AvgIpc) is 3.33. The van der Waals surface area contributed by atoms with Crippen LogP contribution in [0, 0.1) is 12.7 Å². The Kier molecular flexibility index (Phi) is 5.97. The molecule has 4 nitrogen and oxygen atoms in total. The second-order valence-electron chi connectivity index (χ2n) is 7.34. The zero-order valence-corrected chi connectivity index (χ0v) is 17.5. The summed E-state index contributed by atoms with van der Waals surface area (Å²) in [4.78, 5) is 13.5. The molecular weight excluding hydrogens is 399 g/mol. The third-order valence-electron chi connectivity index (χ3n) is 5.24. The highest BCUT2D eigenvalue weighted by atomic mass is 32.1. The van der Waals surface area contributed by atoms with E-state index in [0.29, 0.717) is 12.1 Å². The Hall–Kier alpha value is -2.96. The molecule has 0 radical (unpaired) electrons. The van der Waals surface area contributed by atoms with Crippen LogP contribution in [-0.2, 0) is 19.5 Å². The largest absolute Gasteiger partial charge is 0.477 e. The van der Waals surface area contributed by atoms with E-state index in [1.807, 2.05) is 31.2 Å². The van der Waals surface area contributed by atoms with Crippen LogP contribution in [0.4, 0.5) is 4.39 Å². The molecule has 0 fully saturated rings. The van der Waals surface area contributed by atoms with Crippen molar-refractivity contribution in [1.82, 2.24) is 9.88 Å². The van der Waals surface area contributed by atoms with E-state index in [4.69, 9.17) is 0 Å². The number of benzene rings is 2. The molecule has 4 rings (SSSR count). The van der Waals surface area contributed by atoms with Gasteiger partial charge in [-0.2, -0.15) is 0 Å². The highest BCUT2D eigenvalue weighted by molar-refractivity contribution is 7.09. The maximum Gasteiger partial charge on any atom is 0.352 e. The van der Waals surface area contributed by atoms with Gasteiger partial charge < -0.3 is 15.0 Å². The fourth-order valence-electron chi connectivity index (χ4n) is 3.80. The van der Waals surface area contributed by atoms with Gasteiger partial charge in [-0.15, -0.1) is 11.3 Å². The van der Waals surface area contributed by atoms with Crippen LogP contribution in [0.15, 0.2) is 60.0 Å². The third-order valence-corrected chi connectivity index (χ3v) is 6.18. The maximum atomic E-state index is 14.3. The third kappa shape index (κ3) is 4.15. The highest BCUT2D eigenvalue weighted by Crippen LogP contribution is 2.29. The Labute approximate surface area is 178 Å². The van der Waals surface area contributed by atoms with Crippen molar-refractivity contribution in [3.05, 3.63) is 93.1 Å². The number of aryl methyl sites for hydroxylation is 1. The molecule has 2 heterocycles. The number of carbonyl (C=O) groups is 1. The molecule has 0 spiro atoms. The van der Waals surface area contributed by atoms with Crippen molar-refractivity contribution in [2.45, 2.75) is 26.4 Å². The minimum atomic E-state index is -1.00. The molecule has 0 saturated carbocycles. The van der Waals surface area contributed by atoms with Gasteiger partial charge in [-0.25, -0.2) is 9.18 Å². The molecule has 4 aromatic rings. The predicted molar refractivity (Wildman–Crippen MR) is 119 cm³/mol. The summed E-state index contributed by atoms with van der Waals surface area (Å²) < 4.78 is 16.0. The summed E-state index contributed by atoms with van der Waals surface area (Å²) in [6.45, 7) is 3.34. The van der Waals surface area contributed by atoms with E-state index in [2.05, 4.69) is 16.8 Å². The zero-order chi connectivity index (χ0) is 21.1. The van der Waals surface area contributed by atoms with Crippen molar-refractivity contribution in [3.63, 3.8) is 0 Å². The minimum absolute atomic E-state index is 0.170. The molecule has 0 saturated heterocycles. The van der Waals surface area contributed by atoms with Gasteiger partial charge in [0.25, 0.3) is 0 Å². The lowest BCUT2D eigenvalue weighted by Gasteiger charge is -2.11. The number of thiophene rings is 1. The Morgan fingerprint density at radius 2 is 2.00 bits per heavy atom. The number of carboxylic acid groups (broad SMARTS) is 1. The van der Waals surface area contributed by atoms with Crippen LogP contribution >= 0.6 is 11.3 Å². The van der Waals surface area contributed by atoms with Crippen LogP contribution in [0.3, 0.4) is 0 Å². The quantitative estimate of drug-likeness (QED) is 0.382. The molecule has 0 amide bonds. The molecule has 0 aliphatic rings. The van der Waals surface area contributed by atoms with Crippen molar-refractivity contribution < 1.29 is 14.3 Å². The Bertz CT molecular complexity index is 1180. The van der Waals surface area contributed by atoms with Crippen LogP contribution in [0.5, 0.6) is 0 Å². The zero-order valence-electron chi connectivity index (χ0n) is 16.7. The molecule has 0 aliphatic carbocycles. The van der Waals surface area contributed by atoms with Crippen molar-refractivity contribution in [1.29, 1.82) is 0 Å². The average molecular weight is 423 g/mol. The van der Waals surface area contributed by atoms with Gasteiger partial charge in [0, 0.05) is 40.0 Å². The smallest absolute Gasteiger partial charge is 0.352 e. The van der Waals surface area contributed by atoms with E-state index in [9.17, 15) is 14.3 Å². The first kappa shape index (κ1) is 20.3. The molecule has 154 valence electrons. The topological polar surface area (TPSA) is 54.3 Å². The van der Waals surface area contributed by atoms with E-state index < -0.39 is 5.97 Å². The summed E-state index contributed by atoms with van der Waals surface area (Å²) in [6.07, 6.45) is 0.896. The van der Waals surface area contributed by atoms with Crippen LogP contribution in [0.1, 0.15) is 32.1 Å².